The van der Waals surface area contributed by atoms with Crippen molar-refractivity contribution >= 4 is 82.0 Å². The fraction of sp³-hybridized carbons (Fsp3) is 0.333. The first-order chi connectivity index (χ1) is 30.5. The molecule has 0 radical (unpaired) electrons. The van der Waals surface area contributed by atoms with Crippen molar-refractivity contribution in [1.29, 1.82) is 10.5 Å². The number of fused-ring (bicyclic) bond motifs is 18. The van der Waals surface area contributed by atoms with Gasteiger partial charge in [-0.25, -0.2) is 0 Å². The third kappa shape index (κ3) is 3.52. The van der Waals surface area contributed by atoms with Crippen LogP contribution in [0.2, 0.25) is 0 Å². The van der Waals surface area contributed by atoms with Crippen molar-refractivity contribution in [2.45, 2.75) is 87.9 Å². The van der Waals surface area contributed by atoms with Crippen LogP contribution in [0.5, 0.6) is 0 Å². The Morgan fingerprint density at radius 1 is 0.516 bits per heavy atom. The lowest BCUT2D eigenvalue weighted by molar-refractivity contribution is 0.00322. The van der Waals surface area contributed by atoms with Crippen LogP contribution in [0, 0.1) is 51.7 Å². The minimum atomic E-state index is 0.438. The molecule has 4 aromatic heterocycles. The quantitative estimate of drug-likeness (QED) is 0.166. The minimum absolute atomic E-state index is 0.438. The number of benzene rings is 6. The number of rotatable bonds is 1. The van der Waals surface area contributed by atoms with E-state index in [0.717, 1.165) is 101 Å². The molecule has 8 aliphatic carbocycles. The molecule has 62 heavy (non-hydrogen) atoms. The molecule has 8 aliphatic rings. The summed E-state index contributed by atoms with van der Waals surface area (Å²) < 4.78 is 16.5. The number of hydrogen-bond acceptors (Lipinski definition) is 4. The van der Waals surface area contributed by atoms with E-state index in [1.54, 1.807) is 0 Å². The highest BCUT2D eigenvalue weighted by Gasteiger charge is 2.66. The van der Waals surface area contributed by atoms with Gasteiger partial charge in [-0.2, -0.15) is 10.5 Å². The van der Waals surface area contributed by atoms with Crippen molar-refractivity contribution in [3.8, 4) is 23.3 Å². The summed E-state index contributed by atoms with van der Waals surface area (Å²) in [4.78, 5) is 0. The largest absolute Gasteiger partial charge is 0.455 e. The maximum absolute atomic E-state index is 11.2. The Kier molecular flexibility index (Phi) is 5.48. The van der Waals surface area contributed by atoms with Crippen LogP contribution in [0.3, 0.4) is 0 Å². The van der Waals surface area contributed by atoms with Gasteiger partial charge in [0.25, 0.3) is 0 Å². The zero-order chi connectivity index (χ0) is 40.1. The highest BCUT2D eigenvalue weighted by Crippen LogP contribution is 2.77. The molecule has 4 heterocycles. The average molecular weight is 800 g/mol. The molecule has 18 rings (SSSR count). The van der Waals surface area contributed by atoms with Crippen LogP contribution in [0.1, 0.15) is 121 Å². The topological polar surface area (TPSA) is 78.3 Å². The van der Waals surface area contributed by atoms with Gasteiger partial charge >= 0.3 is 0 Å². The third-order valence-corrected chi connectivity index (χ3v) is 19.0. The SMILES string of the molecule is N#Cc1cc2c(c3c1C1CC4CC(C1)CC3C4)c1cc(-c3c4oc5ccccc5c4cc4c3oc3ccccc34)cc3c4c5c(c(C#N)cc4n2c13)C1CC2CC3CC5CC23C1. The third-order valence-electron chi connectivity index (χ3n) is 19.0. The summed E-state index contributed by atoms with van der Waals surface area (Å²) in [5, 5.41) is 31.9. The molecule has 0 amide bonds. The first-order valence-electron chi connectivity index (χ1n) is 23.5. The predicted molar refractivity (Wildman–Crippen MR) is 244 cm³/mol. The van der Waals surface area contributed by atoms with Gasteiger partial charge in [0, 0.05) is 43.1 Å². The van der Waals surface area contributed by atoms with Gasteiger partial charge in [-0.3, -0.25) is 0 Å². The van der Waals surface area contributed by atoms with Crippen molar-refractivity contribution in [2.24, 2.45) is 29.1 Å². The van der Waals surface area contributed by atoms with E-state index in [0.29, 0.717) is 29.1 Å². The zero-order valence-electron chi connectivity index (χ0n) is 34.4. The van der Waals surface area contributed by atoms with Gasteiger partial charge in [-0.1, -0.05) is 36.4 Å². The number of nitrogens with zero attached hydrogens (tertiary/aromatic N) is 3. The molecular formula is C57H41N3O2. The molecule has 7 unspecified atom stereocenters. The van der Waals surface area contributed by atoms with Crippen LogP contribution in [-0.4, -0.2) is 4.40 Å². The Balaban J connectivity index is 1.10. The second-order valence-electron chi connectivity index (χ2n) is 21.4. The molecule has 10 aromatic rings. The molecule has 296 valence electrons. The van der Waals surface area contributed by atoms with Crippen molar-refractivity contribution in [1.82, 2.24) is 4.40 Å². The van der Waals surface area contributed by atoms with Gasteiger partial charge in [-0.05, 0) is 187 Å². The van der Waals surface area contributed by atoms with Gasteiger partial charge in [0.1, 0.15) is 22.3 Å². The lowest BCUT2D eigenvalue weighted by Gasteiger charge is -2.48. The Hall–Kier alpha value is -6.30. The summed E-state index contributed by atoms with van der Waals surface area (Å²) in [5.41, 5.74) is 17.1. The summed E-state index contributed by atoms with van der Waals surface area (Å²) in [6.45, 7) is 0. The van der Waals surface area contributed by atoms with E-state index in [2.05, 4.69) is 95.4 Å². The number of aromatic nitrogens is 1. The van der Waals surface area contributed by atoms with Gasteiger partial charge < -0.3 is 13.2 Å². The van der Waals surface area contributed by atoms with Crippen LogP contribution in [0.25, 0.3) is 93.1 Å². The normalized spacial score (nSPS) is 30.0. The zero-order valence-corrected chi connectivity index (χ0v) is 34.4. The van der Waals surface area contributed by atoms with E-state index < -0.39 is 0 Å². The second-order valence-corrected chi connectivity index (χ2v) is 21.4. The van der Waals surface area contributed by atoms with Crippen molar-refractivity contribution in [2.75, 3.05) is 0 Å². The molecule has 7 bridgehead atoms. The van der Waals surface area contributed by atoms with Crippen LogP contribution >= 0.6 is 0 Å². The van der Waals surface area contributed by atoms with E-state index in [9.17, 15) is 10.5 Å². The summed E-state index contributed by atoms with van der Waals surface area (Å²) >= 11 is 0. The Labute approximate surface area is 356 Å². The molecule has 6 aromatic carbocycles. The maximum atomic E-state index is 11.2. The lowest BCUT2D eigenvalue weighted by Crippen LogP contribution is -2.41. The predicted octanol–water partition coefficient (Wildman–Crippen LogP) is 14.8. The number of nitriles is 2. The fourth-order valence-corrected chi connectivity index (χ4v) is 17.2. The van der Waals surface area contributed by atoms with E-state index in [1.807, 2.05) is 0 Å². The Bertz CT molecular complexity index is 3780. The molecule has 5 fully saturated rings. The molecule has 0 aliphatic heterocycles. The molecule has 5 nitrogen and oxygen atoms in total. The molecule has 5 heteroatoms. The van der Waals surface area contributed by atoms with Crippen molar-refractivity contribution in [3.05, 3.63) is 112 Å². The number of furan rings is 2. The molecule has 0 saturated heterocycles. The molecule has 7 atom stereocenters. The minimum Gasteiger partial charge on any atom is -0.455 e. The summed E-state index contributed by atoms with van der Waals surface area (Å²) in [7, 11) is 0. The van der Waals surface area contributed by atoms with E-state index in [1.165, 1.54) is 114 Å². The molecule has 1 spiro atoms. The fourth-order valence-electron chi connectivity index (χ4n) is 17.2. The maximum Gasteiger partial charge on any atom is 0.147 e. The standard InChI is InChI=1S/C57H41N3O2/c58-24-33-18-43-52(49-29-12-26-9-27(13-29)11-28(10-26)47(33)49)41-16-30(51-55-39(37-5-1-3-7-45(37)61-55)21-40-38-6-2-4-8-46(38)62-56(40)51)17-42-53-44(60(43)54(41)42)19-34(25-59)48-31-14-35-20-36-15-32(50(48)53)23-57(35,36)22-31/h1-8,16-19,21,26-29,31-32,35-36H,9-15,20,22-23H2. The van der Waals surface area contributed by atoms with Gasteiger partial charge in [0.05, 0.1) is 45.4 Å². The summed E-state index contributed by atoms with van der Waals surface area (Å²) in [6, 6.07) is 34.3. The van der Waals surface area contributed by atoms with E-state index in [4.69, 9.17) is 8.83 Å². The van der Waals surface area contributed by atoms with Gasteiger partial charge in [-0.15, -0.1) is 0 Å². The highest BCUT2D eigenvalue weighted by atomic mass is 16.3. The average Bonchev–Trinajstić information content (AvgIpc) is 4.09. The Morgan fingerprint density at radius 2 is 1.03 bits per heavy atom. The summed E-state index contributed by atoms with van der Waals surface area (Å²) in [5.74, 6) is 4.90. The van der Waals surface area contributed by atoms with Crippen LogP contribution < -0.4 is 0 Å². The van der Waals surface area contributed by atoms with Crippen molar-refractivity contribution < 1.29 is 8.83 Å². The van der Waals surface area contributed by atoms with Gasteiger partial charge in [0.15, 0.2) is 0 Å². The monoisotopic (exact) mass is 799 g/mol. The van der Waals surface area contributed by atoms with Crippen molar-refractivity contribution in [3.63, 3.8) is 0 Å². The number of para-hydroxylation sites is 2. The first-order valence-corrected chi connectivity index (χ1v) is 23.5. The van der Waals surface area contributed by atoms with E-state index >= 15 is 0 Å². The molecule has 5 saturated carbocycles. The van der Waals surface area contributed by atoms with Crippen LogP contribution in [-0.2, 0) is 0 Å². The molecule has 0 N–H and O–H groups in total. The van der Waals surface area contributed by atoms with Crippen LogP contribution in [0.4, 0.5) is 0 Å². The van der Waals surface area contributed by atoms with Gasteiger partial charge in [0.2, 0.25) is 0 Å². The smallest absolute Gasteiger partial charge is 0.147 e. The summed E-state index contributed by atoms with van der Waals surface area (Å²) in [6.07, 6.45) is 12.6. The van der Waals surface area contributed by atoms with E-state index in [-0.39, 0.29) is 0 Å². The number of hydrogen-bond donors (Lipinski definition) is 0. The highest BCUT2D eigenvalue weighted by molar-refractivity contribution is 6.29. The van der Waals surface area contributed by atoms with Crippen LogP contribution in [0.15, 0.2) is 87.7 Å². The lowest BCUT2D eigenvalue weighted by atomic mass is 9.56. The second kappa shape index (κ2) is 10.5. The first kappa shape index (κ1) is 32.4. The molecular weight excluding hydrogens is 759 g/mol. The Morgan fingerprint density at radius 3 is 1.61 bits per heavy atom.